The zero-order chi connectivity index (χ0) is 6.41. The summed E-state index contributed by atoms with van der Waals surface area (Å²) in [5.74, 6) is 0. The summed E-state index contributed by atoms with van der Waals surface area (Å²) < 4.78 is 0. The maximum absolute atomic E-state index is 5.21. The van der Waals surface area contributed by atoms with E-state index in [9.17, 15) is 0 Å². The van der Waals surface area contributed by atoms with Crippen molar-refractivity contribution in [3.8, 4) is 0 Å². The average Bonchev–Trinajstić information content (AvgIpc) is 1.66. The summed E-state index contributed by atoms with van der Waals surface area (Å²) in [6.45, 7) is 2.08. The predicted octanol–water partition coefficient (Wildman–Crippen LogP) is 1.63. The van der Waals surface area contributed by atoms with E-state index >= 15 is 0 Å². The smallest absolute Gasteiger partial charge is 0.0765 e. The van der Waals surface area contributed by atoms with Gasteiger partial charge in [0.25, 0.3) is 0 Å². The normalized spacial score (nSPS) is 10.1. The first-order chi connectivity index (χ1) is 3.77. The fraction of sp³-hybridized carbons (Fsp3) is 0.500. The lowest BCUT2D eigenvalue weighted by Gasteiger charge is -1.84. The molecule has 0 amide bonds. The third kappa shape index (κ3) is 5.63. The molecule has 0 unspecified atom stereocenters. The lowest BCUT2D eigenvalue weighted by atomic mass is 10.3. The maximum Gasteiger partial charge on any atom is 0.0765 e. The van der Waals surface area contributed by atoms with Gasteiger partial charge in [-0.1, -0.05) is 31.3 Å². The van der Waals surface area contributed by atoms with Gasteiger partial charge in [-0.05, 0) is 6.42 Å². The Kier molecular flexibility index (Phi) is 4.56. The molecule has 0 aliphatic carbocycles. The minimum atomic E-state index is 0.565. The summed E-state index contributed by atoms with van der Waals surface area (Å²) in [6, 6.07) is 0. The van der Waals surface area contributed by atoms with Gasteiger partial charge in [-0.3, -0.25) is 0 Å². The van der Waals surface area contributed by atoms with Crippen molar-refractivity contribution < 1.29 is 0 Å². The van der Waals surface area contributed by atoms with Crippen molar-refractivity contribution in [1.29, 1.82) is 0 Å². The summed E-state index contributed by atoms with van der Waals surface area (Å²) in [5, 5.41) is 0. The van der Waals surface area contributed by atoms with Crippen LogP contribution in [0.15, 0.2) is 12.2 Å². The molecule has 0 aliphatic heterocycles. The van der Waals surface area contributed by atoms with Crippen LogP contribution in [0.4, 0.5) is 0 Å². The van der Waals surface area contributed by atoms with E-state index in [-0.39, 0.29) is 0 Å². The molecule has 0 saturated carbocycles. The molecular formula is C6H11NS. The molecule has 0 spiro atoms. The van der Waals surface area contributed by atoms with E-state index in [1.165, 1.54) is 0 Å². The van der Waals surface area contributed by atoms with Crippen LogP contribution in [0, 0.1) is 0 Å². The van der Waals surface area contributed by atoms with Crippen molar-refractivity contribution in [2.75, 3.05) is 0 Å². The van der Waals surface area contributed by atoms with Gasteiger partial charge in [-0.15, -0.1) is 0 Å². The van der Waals surface area contributed by atoms with E-state index in [0.29, 0.717) is 4.99 Å². The summed E-state index contributed by atoms with van der Waals surface area (Å²) in [6.07, 6.45) is 5.84. The molecule has 0 aromatic heterocycles. The molecule has 0 aliphatic rings. The highest BCUT2D eigenvalue weighted by Gasteiger charge is 1.78. The van der Waals surface area contributed by atoms with Crippen LogP contribution in [0.25, 0.3) is 0 Å². The zero-order valence-electron chi connectivity index (χ0n) is 5.05. The summed E-state index contributed by atoms with van der Waals surface area (Å²) in [5.41, 5.74) is 5.21. The van der Waals surface area contributed by atoms with Gasteiger partial charge in [-0.25, -0.2) is 0 Å². The van der Waals surface area contributed by atoms with Crippen molar-refractivity contribution in [2.24, 2.45) is 5.73 Å². The monoisotopic (exact) mass is 129 g/mol. The Morgan fingerprint density at radius 2 is 2.25 bits per heavy atom. The van der Waals surface area contributed by atoms with E-state index in [2.05, 4.69) is 25.2 Å². The van der Waals surface area contributed by atoms with Crippen molar-refractivity contribution in [2.45, 2.75) is 19.8 Å². The second-order valence-electron chi connectivity index (χ2n) is 1.55. The molecule has 0 saturated heterocycles. The molecule has 0 heterocycles. The molecule has 0 radical (unpaired) electrons. The van der Waals surface area contributed by atoms with Crippen LogP contribution in [-0.4, -0.2) is 4.99 Å². The first-order valence-electron chi connectivity index (χ1n) is 2.70. The van der Waals surface area contributed by atoms with Gasteiger partial charge in [0.15, 0.2) is 0 Å². The summed E-state index contributed by atoms with van der Waals surface area (Å²) in [7, 11) is 0. The maximum atomic E-state index is 5.21. The van der Waals surface area contributed by atoms with Crippen LogP contribution in [0.2, 0.25) is 0 Å². The Labute approximate surface area is 55.6 Å². The predicted molar refractivity (Wildman–Crippen MR) is 40.8 cm³/mol. The van der Waals surface area contributed by atoms with Gasteiger partial charge in [0, 0.05) is 6.42 Å². The molecule has 46 valence electrons. The summed E-state index contributed by atoms with van der Waals surface area (Å²) >= 11 is 4.64. The van der Waals surface area contributed by atoms with Crippen molar-refractivity contribution in [3.05, 3.63) is 12.2 Å². The van der Waals surface area contributed by atoms with E-state index in [0.717, 1.165) is 12.8 Å². The van der Waals surface area contributed by atoms with Crippen LogP contribution in [0.3, 0.4) is 0 Å². The third-order valence-electron chi connectivity index (χ3n) is 0.721. The van der Waals surface area contributed by atoms with Crippen molar-refractivity contribution >= 4 is 17.2 Å². The molecule has 0 bridgehead atoms. The van der Waals surface area contributed by atoms with Crippen molar-refractivity contribution in [3.63, 3.8) is 0 Å². The first-order valence-corrected chi connectivity index (χ1v) is 3.11. The fourth-order valence-electron chi connectivity index (χ4n) is 0.366. The van der Waals surface area contributed by atoms with E-state index in [1.54, 1.807) is 0 Å². The second kappa shape index (κ2) is 4.78. The molecule has 0 fully saturated rings. The molecule has 0 atom stereocenters. The molecule has 0 aromatic carbocycles. The first kappa shape index (κ1) is 7.63. The number of thiocarbonyl (C=S) groups is 1. The number of hydrogen-bond acceptors (Lipinski definition) is 1. The minimum absolute atomic E-state index is 0.565. The highest BCUT2D eigenvalue weighted by Crippen LogP contribution is 1.84. The van der Waals surface area contributed by atoms with E-state index in [1.807, 2.05) is 6.08 Å². The topological polar surface area (TPSA) is 26.0 Å². The van der Waals surface area contributed by atoms with Crippen LogP contribution in [-0.2, 0) is 0 Å². The number of allylic oxidation sites excluding steroid dienone is 1. The number of hydrogen-bond donors (Lipinski definition) is 1. The largest absolute Gasteiger partial charge is 0.393 e. The van der Waals surface area contributed by atoms with Gasteiger partial charge >= 0.3 is 0 Å². The molecule has 0 aromatic rings. The number of nitrogens with two attached hydrogens (primary N) is 1. The lowest BCUT2D eigenvalue weighted by Crippen LogP contribution is -2.04. The fourth-order valence-corrected chi connectivity index (χ4v) is 0.462. The molecule has 2 heteroatoms. The van der Waals surface area contributed by atoms with Gasteiger partial charge in [0.2, 0.25) is 0 Å². The molecule has 2 N–H and O–H groups in total. The Hall–Kier alpha value is -0.370. The Bertz CT molecular complexity index is 96.7. The molecule has 8 heavy (non-hydrogen) atoms. The van der Waals surface area contributed by atoms with E-state index in [4.69, 9.17) is 5.73 Å². The van der Waals surface area contributed by atoms with Crippen molar-refractivity contribution in [1.82, 2.24) is 0 Å². The molecular weight excluding hydrogens is 118 g/mol. The van der Waals surface area contributed by atoms with Gasteiger partial charge in [0.05, 0.1) is 4.99 Å². The number of rotatable bonds is 3. The van der Waals surface area contributed by atoms with Crippen LogP contribution in [0.1, 0.15) is 19.8 Å². The highest BCUT2D eigenvalue weighted by molar-refractivity contribution is 7.80. The molecule has 0 rings (SSSR count). The second-order valence-corrected chi connectivity index (χ2v) is 2.07. The van der Waals surface area contributed by atoms with Crippen LogP contribution in [0.5, 0.6) is 0 Å². The standard InChI is InChI=1S/C6H11NS/c1-2-3-4-5-6(7)8/h3-4H,2,5H2,1H3,(H2,7,8)/b4-3+. The minimum Gasteiger partial charge on any atom is -0.393 e. The zero-order valence-corrected chi connectivity index (χ0v) is 5.87. The van der Waals surface area contributed by atoms with Crippen LogP contribution < -0.4 is 5.73 Å². The Balaban J connectivity index is 3.16. The summed E-state index contributed by atoms with van der Waals surface area (Å²) in [4.78, 5) is 0.565. The lowest BCUT2D eigenvalue weighted by molar-refractivity contribution is 1.21. The molecule has 1 nitrogen and oxygen atoms in total. The highest BCUT2D eigenvalue weighted by atomic mass is 32.1. The van der Waals surface area contributed by atoms with Crippen LogP contribution >= 0.6 is 12.2 Å². The van der Waals surface area contributed by atoms with E-state index < -0.39 is 0 Å². The SMILES string of the molecule is CC/C=C/CC(N)=S. The van der Waals surface area contributed by atoms with Gasteiger partial charge in [-0.2, -0.15) is 0 Å². The Morgan fingerprint density at radius 1 is 1.62 bits per heavy atom. The quantitative estimate of drug-likeness (QED) is 0.463. The third-order valence-corrected chi connectivity index (χ3v) is 0.888. The van der Waals surface area contributed by atoms with Gasteiger partial charge < -0.3 is 5.73 Å². The average molecular weight is 129 g/mol. The Morgan fingerprint density at radius 3 is 2.62 bits per heavy atom. The van der Waals surface area contributed by atoms with Gasteiger partial charge in [0.1, 0.15) is 0 Å².